The number of aliphatic hydroxyl groups is 1. The zero-order valence-electron chi connectivity index (χ0n) is 10.3. The van der Waals surface area contributed by atoms with Crippen molar-refractivity contribution in [2.75, 3.05) is 24.6 Å². The highest BCUT2D eigenvalue weighted by molar-refractivity contribution is 7.99. The van der Waals surface area contributed by atoms with E-state index in [0.29, 0.717) is 13.0 Å². The zero-order valence-corrected chi connectivity index (χ0v) is 11.1. The minimum Gasteiger partial charge on any atom is -0.388 e. The molecule has 0 aliphatic carbocycles. The van der Waals surface area contributed by atoms with Gasteiger partial charge in [0, 0.05) is 25.3 Å². The molecule has 92 valence electrons. The van der Waals surface area contributed by atoms with Crippen molar-refractivity contribution in [1.29, 1.82) is 5.26 Å². The second-order valence-electron chi connectivity index (χ2n) is 5.45. The van der Waals surface area contributed by atoms with Crippen LogP contribution in [-0.2, 0) is 0 Å². The van der Waals surface area contributed by atoms with Gasteiger partial charge in [0.15, 0.2) is 0 Å². The first-order valence-corrected chi connectivity index (χ1v) is 7.01. The third kappa shape index (κ3) is 4.73. The molecule has 0 aromatic carbocycles. The summed E-state index contributed by atoms with van der Waals surface area (Å²) in [6.45, 7) is 5.85. The van der Waals surface area contributed by atoms with Crippen molar-refractivity contribution in [1.82, 2.24) is 5.32 Å². The Hall–Kier alpha value is -0.240. The first kappa shape index (κ1) is 13.8. The summed E-state index contributed by atoms with van der Waals surface area (Å²) in [4.78, 5) is 0. The molecule has 2 N–H and O–H groups in total. The van der Waals surface area contributed by atoms with Gasteiger partial charge in [-0.25, -0.2) is 0 Å². The molecule has 1 unspecified atom stereocenters. The van der Waals surface area contributed by atoms with Gasteiger partial charge in [-0.15, -0.1) is 0 Å². The van der Waals surface area contributed by atoms with Gasteiger partial charge in [-0.1, -0.05) is 13.8 Å². The molecule has 1 rings (SSSR count). The molecule has 0 aromatic heterocycles. The maximum Gasteiger partial charge on any atom is 0.0869 e. The molecule has 0 aromatic rings. The van der Waals surface area contributed by atoms with E-state index in [4.69, 9.17) is 5.26 Å². The van der Waals surface area contributed by atoms with Gasteiger partial charge in [0.05, 0.1) is 11.7 Å². The summed E-state index contributed by atoms with van der Waals surface area (Å²) in [5.41, 5.74) is -0.367. The molecule has 0 bridgehead atoms. The van der Waals surface area contributed by atoms with Gasteiger partial charge in [-0.05, 0) is 24.0 Å². The fourth-order valence-corrected chi connectivity index (χ4v) is 3.15. The van der Waals surface area contributed by atoms with Crippen LogP contribution in [0, 0.1) is 16.7 Å². The molecule has 4 heteroatoms. The standard InChI is InChI=1S/C12H22N2OS/c1-11(2,4-3-6-13)8-14-9-12(15)5-7-16-10-12/h14-15H,3-5,7-10H2,1-2H3. The van der Waals surface area contributed by atoms with Crippen molar-refractivity contribution in [3.8, 4) is 6.07 Å². The van der Waals surface area contributed by atoms with E-state index in [9.17, 15) is 5.11 Å². The summed E-state index contributed by atoms with van der Waals surface area (Å²) >= 11 is 1.82. The van der Waals surface area contributed by atoms with Crippen molar-refractivity contribution in [3.63, 3.8) is 0 Å². The maximum atomic E-state index is 10.1. The second kappa shape index (κ2) is 5.90. The van der Waals surface area contributed by atoms with Gasteiger partial charge in [0.25, 0.3) is 0 Å². The number of hydrogen-bond acceptors (Lipinski definition) is 4. The fourth-order valence-electron chi connectivity index (χ4n) is 1.85. The highest BCUT2D eigenvalue weighted by Crippen LogP contribution is 2.27. The van der Waals surface area contributed by atoms with Gasteiger partial charge in [0.2, 0.25) is 0 Å². The number of hydrogen-bond donors (Lipinski definition) is 2. The quantitative estimate of drug-likeness (QED) is 0.745. The lowest BCUT2D eigenvalue weighted by Crippen LogP contribution is -2.43. The van der Waals surface area contributed by atoms with Crippen molar-refractivity contribution < 1.29 is 5.11 Å². The highest BCUT2D eigenvalue weighted by atomic mass is 32.2. The minimum absolute atomic E-state index is 0.137. The molecule has 16 heavy (non-hydrogen) atoms. The van der Waals surface area contributed by atoms with E-state index in [2.05, 4.69) is 25.2 Å². The van der Waals surface area contributed by atoms with Crippen LogP contribution >= 0.6 is 11.8 Å². The van der Waals surface area contributed by atoms with E-state index in [1.165, 1.54) is 0 Å². The van der Waals surface area contributed by atoms with Crippen LogP contribution in [0.25, 0.3) is 0 Å². The molecule has 1 atom stereocenters. The Bertz CT molecular complexity index is 254. The van der Waals surface area contributed by atoms with Crippen molar-refractivity contribution >= 4 is 11.8 Å². The summed E-state index contributed by atoms with van der Waals surface area (Å²) < 4.78 is 0. The third-order valence-electron chi connectivity index (χ3n) is 3.05. The van der Waals surface area contributed by atoms with E-state index >= 15 is 0 Å². The zero-order chi connectivity index (χ0) is 12.1. The molecule has 1 saturated heterocycles. The summed E-state index contributed by atoms with van der Waals surface area (Å²) in [6, 6.07) is 2.18. The van der Waals surface area contributed by atoms with E-state index in [1.807, 2.05) is 11.8 Å². The van der Waals surface area contributed by atoms with Crippen molar-refractivity contribution in [3.05, 3.63) is 0 Å². The van der Waals surface area contributed by atoms with Crippen LogP contribution in [0.4, 0.5) is 0 Å². The number of thioether (sulfide) groups is 1. The molecule has 0 amide bonds. The first-order chi connectivity index (χ1) is 7.47. The minimum atomic E-state index is -0.504. The van der Waals surface area contributed by atoms with Crippen molar-refractivity contribution in [2.24, 2.45) is 5.41 Å². The van der Waals surface area contributed by atoms with Gasteiger partial charge in [-0.3, -0.25) is 0 Å². The molecule has 0 spiro atoms. The molecule has 1 fully saturated rings. The summed E-state index contributed by atoms with van der Waals surface area (Å²) in [5, 5.41) is 22.0. The number of nitrogens with zero attached hydrogens (tertiary/aromatic N) is 1. The Balaban J connectivity index is 2.21. The van der Waals surface area contributed by atoms with Crippen LogP contribution in [0.15, 0.2) is 0 Å². The van der Waals surface area contributed by atoms with Crippen LogP contribution in [0.1, 0.15) is 33.1 Å². The molecule has 1 aliphatic heterocycles. The number of nitrogens with one attached hydrogen (secondary N) is 1. The molecule has 0 radical (unpaired) electrons. The molecular weight excluding hydrogens is 220 g/mol. The van der Waals surface area contributed by atoms with Gasteiger partial charge in [-0.2, -0.15) is 17.0 Å². The van der Waals surface area contributed by atoms with E-state index < -0.39 is 5.60 Å². The molecule has 1 aliphatic rings. The Morgan fingerprint density at radius 1 is 1.56 bits per heavy atom. The topological polar surface area (TPSA) is 56.0 Å². The molecule has 3 nitrogen and oxygen atoms in total. The third-order valence-corrected chi connectivity index (χ3v) is 4.29. The molecule has 0 saturated carbocycles. The van der Waals surface area contributed by atoms with Gasteiger partial charge in [0.1, 0.15) is 0 Å². The highest BCUT2D eigenvalue weighted by Gasteiger charge is 2.31. The Labute approximate surface area is 103 Å². The van der Waals surface area contributed by atoms with Gasteiger partial charge < -0.3 is 10.4 Å². The molecular formula is C12H22N2OS. The monoisotopic (exact) mass is 242 g/mol. The number of nitriles is 1. The predicted molar refractivity (Wildman–Crippen MR) is 68.4 cm³/mol. The lowest BCUT2D eigenvalue weighted by atomic mass is 9.88. The summed E-state index contributed by atoms with van der Waals surface area (Å²) in [6.07, 6.45) is 2.40. The van der Waals surface area contributed by atoms with Crippen molar-refractivity contribution in [2.45, 2.75) is 38.7 Å². The van der Waals surface area contributed by atoms with Crippen LogP contribution in [-0.4, -0.2) is 35.3 Å². The molecule has 1 heterocycles. The Kier molecular flexibility index (Phi) is 5.10. The predicted octanol–water partition coefficient (Wildman–Crippen LogP) is 1.77. The van der Waals surface area contributed by atoms with Crippen LogP contribution in [0.5, 0.6) is 0 Å². The van der Waals surface area contributed by atoms with E-state index in [-0.39, 0.29) is 5.41 Å². The lowest BCUT2D eigenvalue weighted by Gasteiger charge is -2.27. The average Bonchev–Trinajstić information content (AvgIpc) is 2.62. The van der Waals surface area contributed by atoms with E-state index in [0.717, 1.165) is 30.9 Å². The Morgan fingerprint density at radius 2 is 2.31 bits per heavy atom. The smallest absolute Gasteiger partial charge is 0.0869 e. The van der Waals surface area contributed by atoms with E-state index in [1.54, 1.807) is 0 Å². The normalized spacial score (nSPS) is 25.6. The lowest BCUT2D eigenvalue weighted by molar-refractivity contribution is 0.0648. The summed E-state index contributed by atoms with van der Waals surface area (Å²) in [7, 11) is 0. The maximum absolute atomic E-state index is 10.1. The summed E-state index contributed by atoms with van der Waals surface area (Å²) in [5.74, 6) is 1.91. The van der Waals surface area contributed by atoms with Crippen LogP contribution in [0.3, 0.4) is 0 Å². The first-order valence-electron chi connectivity index (χ1n) is 5.85. The Morgan fingerprint density at radius 3 is 2.88 bits per heavy atom. The second-order valence-corrected chi connectivity index (χ2v) is 6.56. The SMILES string of the molecule is CC(C)(CCC#N)CNCC1(O)CCSC1. The largest absolute Gasteiger partial charge is 0.388 e. The van der Waals surface area contributed by atoms with Crippen LogP contribution in [0.2, 0.25) is 0 Å². The number of rotatable bonds is 6. The van der Waals surface area contributed by atoms with Crippen LogP contribution < -0.4 is 5.32 Å². The fraction of sp³-hybridized carbons (Fsp3) is 0.917. The van der Waals surface area contributed by atoms with Gasteiger partial charge >= 0.3 is 0 Å². The average molecular weight is 242 g/mol.